The van der Waals surface area contributed by atoms with Gasteiger partial charge in [-0.2, -0.15) is 11.8 Å². The highest BCUT2D eigenvalue weighted by Gasteiger charge is 2.18. The second kappa shape index (κ2) is 9.82. The molecule has 3 N–H and O–H groups in total. The van der Waals surface area contributed by atoms with Gasteiger partial charge in [-0.15, -0.1) is 6.58 Å². The molecular formula is C12H22N2O3S. The predicted octanol–water partition coefficient (Wildman–Crippen LogP) is 1.70. The summed E-state index contributed by atoms with van der Waals surface area (Å²) in [6.45, 7) is 7.93. The lowest BCUT2D eigenvalue weighted by Gasteiger charge is -2.20. The summed E-state index contributed by atoms with van der Waals surface area (Å²) in [6, 6.07) is -0.655. The Bertz CT molecular complexity index is 282. The molecule has 18 heavy (non-hydrogen) atoms. The topological polar surface area (TPSA) is 78.4 Å². The minimum absolute atomic E-state index is 0.0592. The molecule has 0 rings (SSSR count). The molecule has 0 aromatic rings. The van der Waals surface area contributed by atoms with Gasteiger partial charge in [0.2, 0.25) is 0 Å². The third-order valence-corrected chi connectivity index (χ3v) is 3.25. The number of carboxylic acid groups (broad SMARTS) is 1. The summed E-state index contributed by atoms with van der Waals surface area (Å²) < 4.78 is 0. The number of urea groups is 1. The lowest BCUT2D eigenvalue weighted by Crippen LogP contribution is -2.46. The summed E-state index contributed by atoms with van der Waals surface area (Å²) >= 11 is 1.68. The second-order valence-corrected chi connectivity index (χ2v) is 5.36. The molecule has 1 atom stereocenters. The van der Waals surface area contributed by atoms with E-state index in [9.17, 15) is 9.59 Å². The van der Waals surface area contributed by atoms with E-state index in [1.54, 1.807) is 11.8 Å². The summed E-state index contributed by atoms with van der Waals surface area (Å²) in [5.41, 5.74) is 0. The van der Waals surface area contributed by atoms with E-state index < -0.39 is 5.97 Å². The fourth-order valence-electron chi connectivity index (χ4n) is 1.26. The Balaban J connectivity index is 3.88. The van der Waals surface area contributed by atoms with Gasteiger partial charge in [-0.3, -0.25) is 4.79 Å². The Morgan fingerprint density at radius 2 is 2.11 bits per heavy atom. The number of nitrogens with one attached hydrogen (secondary N) is 2. The zero-order valence-electron chi connectivity index (χ0n) is 10.9. The van der Waals surface area contributed by atoms with Crippen LogP contribution < -0.4 is 10.6 Å². The number of carboxylic acids is 1. The van der Waals surface area contributed by atoms with Crippen LogP contribution in [0.5, 0.6) is 0 Å². The average molecular weight is 274 g/mol. The Morgan fingerprint density at radius 1 is 1.44 bits per heavy atom. The number of carbonyl (C=O) groups is 2. The van der Waals surface area contributed by atoms with E-state index in [1.807, 2.05) is 19.9 Å². The van der Waals surface area contributed by atoms with Crippen LogP contribution >= 0.6 is 11.8 Å². The van der Waals surface area contributed by atoms with Gasteiger partial charge in [-0.25, -0.2) is 4.79 Å². The highest BCUT2D eigenvalue weighted by molar-refractivity contribution is 7.99. The van der Waals surface area contributed by atoms with Gasteiger partial charge in [-0.1, -0.05) is 19.9 Å². The van der Waals surface area contributed by atoms with Gasteiger partial charge in [0.25, 0.3) is 0 Å². The Kier molecular flexibility index (Phi) is 9.18. The molecule has 0 aromatic carbocycles. The Morgan fingerprint density at radius 3 is 2.61 bits per heavy atom. The molecule has 0 aliphatic carbocycles. The maximum absolute atomic E-state index is 11.5. The lowest BCUT2D eigenvalue weighted by atomic mass is 10.0. The SMILES string of the molecule is C=CCSCCNC(=O)NC(CC(=O)O)C(C)C. The first-order valence-corrected chi connectivity index (χ1v) is 7.07. The Hall–Kier alpha value is -1.17. The summed E-state index contributed by atoms with van der Waals surface area (Å²) in [5.74, 6) is 0.847. The number of hydrogen-bond donors (Lipinski definition) is 3. The highest BCUT2D eigenvalue weighted by Crippen LogP contribution is 2.05. The summed E-state index contributed by atoms with van der Waals surface area (Å²) in [4.78, 5) is 22.2. The molecule has 5 nitrogen and oxygen atoms in total. The first-order chi connectivity index (χ1) is 8.47. The van der Waals surface area contributed by atoms with Crippen molar-refractivity contribution in [2.24, 2.45) is 5.92 Å². The smallest absolute Gasteiger partial charge is 0.315 e. The van der Waals surface area contributed by atoms with Crippen molar-refractivity contribution in [2.75, 3.05) is 18.1 Å². The van der Waals surface area contributed by atoms with Crippen molar-refractivity contribution in [1.29, 1.82) is 0 Å². The van der Waals surface area contributed by atoms with E-state index in [4.69, 9.17) is 5.11 Å². The first-order valence-electron chi connectivity index (χ1n) is 5.92. The van der Waals surface area contributed by atoms with E-state index in [2.05, 4.69) is 17.2 Å². The van der Waals surface area contributed by atoms with Crippen molar-refractivity contribution in [3.8, 4) is 0 Å². The molecule has 0 fully saturated rings. The standard InChI is InChI=1S/C12H22N2O3S/c1-4-6-18-7-5-13-12(17)14-10(9(2)3)8-11(15)16/h4,9-10H,1,5-8H2,2-3H3,(H,15,16)(H2,13,14,17). The van der Waals surface area contributed by atoms with Crippen LogP contribution in [-0.4, -0.2) is 41.2 Å². The largest absolute Gasteiger partial charge is 0.481 e. The molecule has 104 valence electrons. The first kappa shape index (κ1) is 16.8. The molecule has 2 amide bonds. The van der Waals surface area contributed by atoms with Gasteiger partial charge >= 0.3 is 12.0 Å². The van der Waals surface area contributed by atoms with E-state index in [0.717, 1.165) is 11.5 Å². The van der Waals surface area contributed by atoms with Crippen LogP contribution in [0.2, 0.25) is 0 Å². The van der Waals surface area contributed by atoms with Crippen molar-refractivity contribution in [1.82, 2.24) is 10.6 Å². The zero-order valence-corrected chi connectivity index (χ0v) is 11.8. The average Bonchev–Trinajstić information content (AvgIpc) is 2.27. The third kappa shape index (κ3) is 8.92. The monoisotopic (exact) mass is 274 g/mol. The van der Waals surface area contributed by atoms with Gasteiger partial charge in [0, 0.05) is 24.1 Å². The molecule has 0 saturated carbocycles. The fraction of sp³-hybridized carbons (Fsp3) is 0.667. The van der Waals surface area contributed by atoms with E-state index in [1.165, 1.54) is 0 Å². The van der Waals surface area contributed by atoms with Crippen LogP contribution in [0.15, 0.2) is 12.7 Å². The molecular weight excluding hydrogens is 252 g/mol. The van der Waals surface area contributed by atoms with Crippen LogP contribution in [0.1, 0.15) is 20.3 Å². The van der Waals surface area contributed by atoms with Gasteiger partial charge in [0.15, 0.2) is 0 Å². The van der Waals surface area contributed by atoms with Crippen LogP contribution in [0.25, 0.3) is 0 Å². The zero-order chi connectivity index (χ0) is 14.0. The van der Waals surface area contributed by atoms with Crippen molar-refractivity contribution in [2.45, 2.75) is 26.3 Å². The van der Waals surface area contributed by atoms with E-state index >= 15 is 0 Å². The molecule has 0 aliphatic rings. The number of aliphatic carboxylic acids is 1. The molecule has 0 aromatic heterocycles. The molecule has 0 bridgehead atoms. The predicted molar refractivity (Wildman–Crippen MR) is 74.9 cm³/mol. The molecule has 0 aliphatic heterocycles. The third-order valence-electron chi connectivity index (χ3n) is 2.28. The molecule has 0 saturated heterocycles. The minimum Gasteiger partial charge on any atom is -0.481 e. The van der Waals surface area contributed by atoms with Crippen molar-refractivity contribution < 1.29 is 14.7 Å². The van der Waals surface area contributed by atoms with Crippen LogP contribution in [0.3, 0.4) is 0 Å². The number of rotatable bonds is 9. The normalized spacial score (nSPS) is 11.9. The van der Waals surface area contributed by atoms with E-state index in [-0.39, 0.29) is 24.4 Å². The molecule has 0 spiro atoms. The summed E-state index contributed by atoms with van der Waals surface area (Å²) in [7, 11) is 0. The Labute approximate surface area is 112 Å². The van der Waals surface area contributed by atoms with Gasteiger partial charge in [0.05, 0.1) is 6.42 Å². The summed E-state index contributed by atoms with van der Waals surface area (Å²) in [5, 5.41) is 14.1. The molecule has 0 radical (unpaired) electrons. The van der Waals surface area contributed by atoms with Crippen molar-refractivity contribution in [3.63, 3.8) is 0 Å². The van der Waals surface area contributed by atoms with Crippen LogP contribution in [-0.2, 0) is 4.79 Å². The highest BCUT2D eigenvalue weighted by atomic mass is 32.2. The van der Waals surface area contributed by atoms with Crippen molar-refractivity contribution in [3.05, 3.63) is 12.7 Å². The second-order valence-electron chi connectivity index (χ2n) is 4.21. The maximum Gasteiger partial charge on any atom is 0.315 e. The maximum atomic E-state index is 11.5. The van der Waals surface area contributed by atoms with Gasteiger partial charge in [-0.05, 0) is 5.92 Å². The van der Waals surface area contributed by atoms with Crippen LogP contribution in [0, 0.1) is 5.92 Å². The van der Waals surface area contributed by atoms with E-state index in [0.29, 0.717) is 6.54 Å². The molecule has 0 heterocycles. The fourth-order valence-corrected chi connectivity index (χ4v) is 1.84. The number of hydrogen-bond acceptors (Lipinski definition) is 3. The molecule has 6 heteroatoms. The summed E-state index contributed by atoms with van der Waals surface area (Å²) in [6.07, 6.45) is 1.75. The minimum atomic E-state index is -0.907. The molecule has 1 unspecified atom stereocenters. The quantitative estimate of drug-likeness (QED) is 0.442. The van der Waals surface area contributed by atoms with Gasteiger partial charge < -0.3 is 15.7 Å². The van der Waals surface area contributed by atoms with Gasteiger partial charge in [0.1, 0.15) is 0 Å². The van der Waals surface area contributed by atoms with Crippen molar-refractivity contribution >= 4 is 23.8 Å². The number of amides is 2. The van der Waals surface area contributed by atoms with Crippen LogP contribution in [0.4, 0.5) is 4.79 Å². The number of thioether (sulfide) groups is 1. The lowest BCUT2D eigenvalue weighted by molar-refractivity contribution is -0.137. The number of carbonyl (C=O) groups excluding carboxylic acids is 1.